The number of rotatable bonds is 6. The molecule has 1 aliphatic rings. The predicted molar refractivity (Wildman–Crippen MR) is 136 cm³/mol. The summed E-state index contributed by atoms with van der Waals surface area (Å²) in [7, 11) is 0. The van der Waals surface area contributed by atoms with Crippen molar-refractivity contribution < 1.29 is 41.4 Å². The minimum Gasteiger partial charge on any atom is -0.449 e. The molecule has 0 atom stereocenters. The fraction of sp³-hybridized carbons (Fsp3) is 0.172. The van der Waals surface area contributed by atoms with Gasteiger partial charge in [0.2, 0.25) is 11.2 Å². The van der Waals surface area contributed by atoms with Gasteiger partial charge < -0.3 is 13.9 Å². The first-order valence-electron chi connectivity index (χ1n) is 12.0. The Morgan fingerprint density at radius 1 is 0.925 bits per heavy atom. The molecule has 3 aromatic carbocycles. The number of carbonyl (C=O) groups is 3. The van der Waals surface area contributed by atoms with E-state index < -0.39 is 46.5 Å². The number of amides is 2. The Bertz CT molecular complexity index is 1720. The van der Waals surface area contributed by atoms with Crippen molar-refractivity contribution in [3.8, 4) is 17.2 Å². The third-order valence-corrected chi connectivity index (χ3v) is 6.28. The summed E-state index contributed by atoms with van der Waals surface area (Å²) in [6.45, 7) is 3.09. The van der Waals surface area contributed by atoms with Gasteiger partial charge in [-0.05, 0) is 55.3 Å². The Morgan fingerprint density at radius 2 is 1.60 bits per heavy atom. The van der Waals surface area contributed by atoms with E-state index in [-0.39, 0.29) is 41.0 Å². The highest BCUT2D eigenvalue weighted by Crippen LogP contribution is 2.39. The van der Waals surface area contributed by atoms with Gasteiger partial charge in [0.15, 0.2) is 0 Å². The van der Waals surface area contributed by atoms with Crippen LogP contribution in [0.4, 0.5) is 13.2 Å². The quantitative estimate of drug-likeness (QED) is 0.169. The lowest BCUT2D eigenvalue weighted by molar-refractivity contribution is -0.154. The Labute approximate surface area is 224 Å². The molecular weight excluding hydrogens is 531 g/mol. The zero-order valence-corrected chi connectivity index (χ0v) is 21.1. The van der Waals surface area contributed by atoms with E-state index in [1.165, 1.54) is 24.3 Å². The first-order chi connectivity index (χ1) is 18.9. The highest BCUT2D eigenvalue weighted by atomic mass is 19.4. The molecule has 0 bridgehead atoms. The monoisotopic (exact) mass is 551 g/mol. The summed E-state index contributed by atoms with van der Waals surface area (Å²) in [5.41, 5.74) is 0.156. The maximum Gasteiger partial charge on any atom is 0.453 e. The Kier molecular flexibility index (Phi) is 6.66. The average Bonchev–Trinajstić information content (AvgIpc) is 3.15. The highest BCUT2D eigenvalue weighted by Gasteiger charge is 2.41. The van der Waals surface area contributed by atoms with Gasteiger partial charge >= 0.3 is 12.1 Å². The molecule has 2 amide bonds. The summed E-state index contributed by atoms with van der Waals surface area (Å²) in [6, 6.07) is 14.5. The second-order valence-electron chi connectivity index (χ2n) is 9.15. The molecule has 0 saturated heterocycles. The average molecular weight is 551 g/mol. The first-order valence-corrected chi connectivity index (χ1v) is 12.0. The van der Waals surface area contributed by atoms with Gasteiger partial charge in [-0.25, -0.2) is 0 Å². The number of ether oxygens (including phenoxy) is 2. The number of hydrogen-bond donors (Lipinski definition) is 0. The van der Waals surface area contributed by atoms with Gasteiger partial charge in [0, 0.05) is 12.6 Å². The van der Waals surface area contributed by atoms with Crippen LogP contribution in [0, 0.1) is 13.8 Å². The van der Waals surface area contributed by atoms with Crippen LogP contribution in [-0.4, -0.2) is 29.2 Å². The minimum absolute atomic E-state index is 0.0701. The summed E-state index contributed by atoms with van der Waals surface area (Å²) in [4.78, 5) is 51.3. The van der Waals surface area contributed by atoms with Gasteiger partial charge in [-0.1, -0.05) is 24.3 Å². The predicted octanol–water partition coefficient (Wildman–Crippen LogP) is 5.81. The summed E-state index contributed by atoms with van der Waals surface area (Å²) < 4.78 is 57.4. The van der Waals surface area contributed by atoms with Gasteiger partial charge in [-0.15, -0.1) is 0 Å². The number of esters is 1. The number of aryl methyl sites for hydroxylation is 2. The van der Waals surface area contributed by atoms with Crippen molar-refractivity contribution in [3.63, 3.8) is 0 Å². The largest absolute Gasteiger partial charge is 0.453 e. The van der Waals surface area contributed by atoms with Crippen molar-refractivity contribution in [2.24, 2.45) is 0 Å². The molecule has 5 rings (SSSR count). The van der Waals surface area contributed by atoms with E-state index in [1.807, 2.05) is 0 Å². The fourth-order valence-electron chi connectivity index (χ4n) is 4.25. The van der Waals surface area contributed by atoms with Crippen molar-refractivity contribution in [3.05, 3.63) is 98.9 Å². The molecule has 4 aromatic rings. The molecular formula is C29H20F3NO7. The molecule has 0 N–H and O–H groups in total. The molecule has 0 spiro atoms. The van der Waals surface area contributed by atoms with Crippen LogP contribution in [0.1, 0.15) is 44.0 Å². The molecule has 1 aromatic heterocycles. The summed E-state index contributed by atoms with van der Waals surface area (Å²) >= 11 is 0. The Hall–Kier alpha value is -4.93. The number of nitrogens with zero attached hydrogens (tertiary/aromatic N) is 1. The molecule has 204 valence electrons. The number of halogens is 3. The van der Waals surface area contributed by atoms with Crippen LogP contribution in [0.5, 0.6) is 17.2 Å². The minimum atomic E-state index is -5.07. The van der Waals surface area contributed by atoms with Crippen LogP contribution in [0.25, 0.3) is 11.0 Å². The fourth-order valence-corrected chi connectivity index (χ4v) is 4.25. The normalized spacial score (nSPS) is 13.1. The second kappa shape index (κ2) is 9.99. The van der Waals surface area contributed by atoms with Crippen molar-refractivity contribution in [1.29, 1.82) is 0 Å². The lowest BCUT2D eigenvalue weighted by Gasteiger charge is -2.15. The van der Waals surface area contributed by atoms with Crippen LogP contribution in [0.3, 0.4) is 0 Å². The number of benzene rings is 3. The van der Waals surface area contributed by atoms with E-state index in [2.05, 4.69) is 0 Å². The molecule has 0 saturated carbocycles. The molecule has 8 nitrogen and oxygen atoms in total. The van der Waals surface area contributed by atoms with Gasteiger partial charge in [0.1, 0.15) is 17.1 Å². The maximum absolute atomic E-state index is 13.9. The van der Waals surface area contributed by atoms with E-state index in [1.54, 1.807) is 38.1 Å². The highest BCUT2D eigenvalue weighted by molar-refractivity contribution is 6.21. The number of alkyl halides is 3. The van der Waals surface area contributed by atoms with E-state index in [9.17, 15) is 32.3 Å². The smallest absolute Gasteiger partial charge is 0.449 e. The van der Waals surface area contributed by atoms with Crippen molar-refractivity contribution in [2.75, 3.05) is 6.54 Å². The van der Waals surface area contributed by atoms with Crippen LogP contribution < -0.4 is 14.9 Å². The topological polar surface area (TPSA) is 103 Å². The van der Waals surface area contributed by atoms with E-state index in [4.69, 9.17) is 13.9 Å². The lowest BCUT2D eigenvalue weighted by atomic mass is 10.1. The van der Waals surface area contributed by atoms with E-state index >= 15 is 0 Å². The molecule has 0 unspecified atom stereocenters. The Balaban J connectivity index is 1.38. The van der Waals surface area contributed by atoms with Gasteiger partial charge in [0.05, 0.1) is 22.9 Å². The lowest BCUT2D eigenvalue weighted by Crippen LogP contribution is -2.32. The van der Waals surface area contributed by atoms with Gasteiger partial charge in [0.25, 0.3) is 17.6 Å². The molecule has 2 heterocycles. The zero-order chi connectivity index (χ0) is 28.8. The van der Waals surface area contributed by atoms with Crippen molar-refractivity contribution in [2.45, 2.75) is 26.4 Å². The molecule has 11 heteroatoms. The third-order valence-electron chi connectivity index (χ3n) is 6.28. The summed E-state index contributed by atoms with van der Waals surface area (Å²) in [5.74, 6) is -4.72. The standard InChI is InChI=1S/C29H20F3NO7/c1-15-7-8-16(2)21(13-15)39-25-24(35)20-10-9-17(14-22(20)40-26(25)29(30,31)32)38-23(34)11-12-33-27(36)18-5-3-4-6-19(18)28(33)37/h3-10,13-14H,11-12H2,1-2H3. The summed E-state index contributed by atoms with van der Waals surface area (Å²) in [5, 5.41) is -0.223. The van der Waals surface area contributed by atoms with Crippen LogP contribution >= 0.6 is 0 Å². The van der Waals surface area contributed by atoms with Crippen LogP contribution in [0.15, 0.2) is 69.9 Å². The maximum atomic E-state index is 13.9. The van der Waals surface area contributed by atoms with Gasteiger partial charge in [-0.2, -0.15) is 13.2 Å². The van der Waals surface area contributed by atoms with E-state index in [0.717, 1.165) is 17.0 Å². The van der Waals surface area contributed by atoms with Crippen LogP contribution in [0.2, 0.25) is 0 Å². The van der Waals surface area contributed by atoms with E-state index in [0.29, 0.717) is 11.1 Å². The van der Waals surface area contributed by atoms with Gasteiger partial charge in [-0.3, -0.25) is 24.1 Å². The number of hydrogen-bond acceptors (Lipinski definition) is 7. The summed E-state index contributed by atoms with van der Waals surface area (Å²) in [6.07, 6.45) is -5.44. The third kappa shape index (κ3) is 4.93. The first kappa shape index (κ1) is 26.7. The number of imide groups is 1. The van der Waals surface area contributed by atoms with Crippen molar-refractivity contribution in [1.82, 2.24) is 4.90 Å². The molecule has 0 fully saturated rings. The zero-order valence-electron chi connectivity index (χ0n) is 21.1. The molecule has 1 aliphatic heterocycles. The molecule has 40 heavy (non-hydrogen) atoms. The number of fused-ring (bicyclic) bond motifs is 2. The number of carbonyl (C=O) groups excluding carboxylic acids is 3. The Morgan fingerprint density at radius 3 is 2.25 bits per heavy atom. The molecule has 0 radical (unpaired) electrons. The van der Waals surface area contributed by atoms with Crippen LogP contribution in [-0.2, 0) is 11.0 Å². The SMILES string of the molecule is Cc1ccc(C)c(Oc2c(C(F)(F)F)oc3cc(OC(=O)CCN4C(=O)c5ccccc5C4=O)ccc3c2=O)c1. The molecule has 0 aliphatic carbocycles. The van der Waals surface area contributed by atoms with Crippen molar-refractivity contribution >= 4 is 28.8 Å². The second-order valence-corrected chi connectivity index (χ2v) is 9.15.